The molecule has 0 aliphatic heterocycles. The standard InChI is InChI=1S/2C16H21.C2H6.C2H5.2ClH.H3Si.Zr/c2*1-10(2)13-8-14-6-12(5)7-16(14)15(9-13)11(3)4;2*1-2;;;;/h2*6-11H,1-5H3;1-2H3;1H2,2H3;2*1H;1H3;. The average Bonchev–Trinajstić information content (AvgIpc) is 3.38. The van der Waals surface area contributed by atoms with Gasteiger partial charge in [-0.25, -0.2) is 0 Å². The Kier molecular flexibility index (Phi) is 14.0. The van der Waals surface area contributed by atoms with E-state index < -0.39 is 19.4 Å². The van der Waals surface area contributed by atoms with Gasteiger partial charge in [0.05, 0.1) is 0 Å². The molecular weight excluding hydrogens is 623 g/mol. The molecule has 2 aromatic carbocycles. The van der Waals surface area contributed by atoms with E-state index in [1.807, 2.05) is 13.8 Å². The van der Waals surface area contributed by atoms with E-state index in [0.29, 0.717) is 30.9 Å². The first-order chi connectivity index (χ1) is 17.8. The van der Waals surface area contributed by atoms with Crippen molar-refractivity contribution in [1.82, 2.24) is 0 Å². The van der Waals surface area contributed by atoms with Crippen LogP contribution in [0.2, 0.25) is 4.13 Å². The molecule has 0 amide bonds. The van der Waals surface area contributed by atoms with Crippen LogP contribution >= 0.6 is 24.8 Å². The van der Waals surface area contributed by atoms with Gasteiger partial charge in [-0.3, -0.25) is 0 Å². The summed E-state index contributed by atoms with van der Waals surface area (Å²) in [5.41, 5.74) is 16.2. The van der Waals surface area contributed by atoms with Crippen molar-refractivity contribution >= 4 is 44.3 Å². The Balaban J connectivity index is 0.00000196. The van der Waals surface area contributed by atoms with E-state index >= 15 is 0 Å². The first kappa shape index (κ1) is 37.6. The van der Waals surface area contributed by atoms with Crippen LogP contribution in [0.3, 0.4) is 0 Å². The van der Waals surface area contributed by atoms with Gasteiger partial charge in [-0.15, -0.1) is 24.8 Å². The predicted octanol–water partition coefficient (Wildman–Crippen LogP) is 11.5. The van der Waals surface area contributed by atoms with E-state index in [2.05, 4.69) is 113 Å². The maximum atomic E-state index is 2.64. The van der Waals surface area contributed by atoms with Crippen molar-refractivity contribution in [2.24, 2.45) is 0 Å². The molecule has 0 heterocycles. The van der Waals surface area contributed by atoms with Gasteiger partial charge in [-0.2, -0.15) is 0 Å². The van der Waals surface area contributed by atoms with Crippen molar-refractivity contribution in [2.45, 2.75) is 125 Å². The molecular formula is C36H58Cl2SiZr. The summed E-state index contributed by atoms with van der Waals surface area (Å²) in [7, 11) is 1.37. The van der Waals surface area contributed by atoms with Crippen LogP contribution < -0.4 is 0 Å². The van der Waals surface area contributed by atoms with Crippen LogP contribution in [0.25, 0.3) is 12.2 Å². The second-order valence-corrected chi connectivity index (χ2v) is 36.3. The zero-order chi connectivity index (χ0) is 28.7. The molecule has 0 spiro atoms. The first-order valence-corrected chi connectivity index (χ1v) is 28.5. The minimum Gasteiger partial charge on any atom is -0.147 e. The minimum absolute atomic E-state index is 0. The molecule has 2 aliphatic carbocycles. The monoisotopic (exact) mass is 678 g/mol. The van der Waals surface area contributed by atoms with E-state index in [4.69, 9.17) is 0 Å². The maximum Gasteiger partial charge on any atom is -0.147 e. The van der Waals surface area contributed by atoms with Crippen molar-refractivity contribution in [1.29, 1.82) is 0 Å². The van der Waals surface area contributed by atoms with Gasteiger partial charge in [0.1, 0.15) is 0 Å². The molecule has 0 bridgehead atoms. The Hall–Kier alpha value is -0.400. The van der Waals surface area contributed by atoms with Crippen LogP contribution in [0.1, 0.15) is 165 Å². The van der Waals surface area contributed by atoms with Gasteiger partial charge in [0.15, 0.2) is 0 Å². The number of benzene rings is 2. The molecule has 0 saturated heterocycles. The Labute approximate surface area is 266 Å². The first-order valence-electron chi connectivity index (χ1n) is 15.5. The number of hydrogen-bond acceptors (Lipinski definition) is 0. The molecule has 0 fully saturated rings. The quantitative estimate of drug-likeness (QED) is 0.255. The van der Waals surface area contributed by atoms with Crippen molar-refractivity contribution in [3.05, 3.63) is 79.9 Å². The Bertz CT molecular complexity index is 1140. The van der Waals surface area contributed by atoms with E-state index in [1.165, 1.54) is 11.5 Å². The molecule has 0 N–H and O–H groups in total. The zero-order valence-corrected chi connectivity index (χ0v) is 34.0. The smallest absolute Gasteiger partial charge is 0.147 e. The summed E-state index contributed by atoms with van der Waals surface area (Å²) in [6.07, 6.45) is 5.22. The molecule has 2 aromatic rings. The third-order valence-corrected chi connectivity index (χ3v) is 34.5. The van der Waals surface area contributed by atoms with Crippen molar-refractivity contribution in [2.75, 3.05) is 0 Å². The summed E-state index contributed by atoms with van der Waals surface area (Å²) in [5.74, 6) is 2.28. The topological polar surface area (TPSA) is 0 Å². The van der Waals surface area contributed by atoms with Crippen molar-refractivity contribution in [3.8, 4) is 0 Å². The molecule has 2 unspecified atom stereocenters. The average molecular weight is 681 g/mol. The molecule has 0 radical (unpaired) electrons. The van der Waals surface area contributed by atoms with Gasteiger partial charge in [0, 0.05) is 0 Å². The second kappa shape index (κ2) is 14.9. The summed E-state index contributed by atoms with van der Waals surface area (Å²) in [5, 5.41) is 0. The molecule has 0 nitrogen and oxygen atoms in total. The molecule has 2 aliphatic rings. The largest absolute Gasteiger partial charge is 0.147 e. The fourth-order valence-corrected chi connectivity index (χ4v) is 29.4. The van der Waals surface area contributed by atoms with Crippen LogP contribution in [-0.2, 0) is 19.4 Å². The summed E-state index contributed by atoms with van der Waals surface area (Å²) in [6, 6.07) is 10.3. The van der Waals surface area contributed by atoms with Crippen LogP contribution in [0.5, 0.6) is 0 Å². The van der Waals surface area contributed by atoms with Gasteiger partial charge in [-0.05, 0) is 0 Å². The van der Waals surface area contributed by atoms with Crippen molar-refractivity contribution in [3.63, 3.8) is 0 Å². The fraction of sp³-hybridized carbons (Fsp3) is 0.556. The van der Waals surface area contributed by atoms with E-state index in [1.54, 1.807) is 55.7 Å². The molecule has 0 aromatic heterocycles. The van der Waals surface area contributed by atoms with E-state index in [9.17, 15) is 0 Å². The number of fused-ring (bicyclic) bond motifs is 2. The van der Waals surface area contributed by atoms with Crippen molar-refractivity contribution < 1.29 is 19.4 Å². The van der Waals surface area contributed by atoms with E-state index in [-0.39, 0.29) is 24.8 Å². The van der Waals surface area contributed by atoms with Gasteiger partial charge in [-0.1, -0.05) is 13.8 Å². The predicted molar refractivity (Wildman–Crippen MR) is 188 cm³/mol. The van der Waals surface area contributed by atoms with Crippen LogP contribution in [0, 0.1) is 0 Å². The van der Waals surface area contributed by atoms with Crippen LogP contribution in [-0.4, -0.2) is 7.37 Å². The Morgan fingerprint density at radius 3 is 1.20 bits per heavy atom. The maximum absolute atomic E-state index is 2.72. The summed E-state index contributed by atoms with van der Waals surface area (Å²) >= 11 is -2.72. The summed E-state index contributed by atoms with van der Waals surface area (Å²) in [6.45, 7) is 30.5. The molecule has 224 valence electrons. The molecule has 2 atom stereocenters. The third-order valence-electron chi connectivity index (χ3n) is 9.47. The molecule has 4 heteroatoms. The normalized spacial score (nSPS) is 18.9. The Morgan fingerprint density at radius 2 is 0.950 bits per heavy atom. The van der Waals surface area contributed by atoms with E-state index in [0.717, 1.165) is 0 Å². The van der Waals surface area contributed by atoms with Crippen LogP contribution in [0.4, 0.5) is 0 Å². The molecule has 40 heavy (non-hydrogen) atoms. The van der Waals surface area contributed by atoms with Gasteiger partial charge >= 0.3 is 230 Å². The zero-order valence-electron chi connectivity index (χ0n) is 28.0. The number of halogens is 2. The number of allylic oxidation sites excluding steroid dienone is 2. The number of rotatable bonds is 7. The fourth-order valence-electron chi connectivity index (χ4n) is 7.32. The second-order valence-electron chi connectivity index (χ2n) is 13.3. The minimum atomic E-state index is -2.72. The van der Waals surface area contributed by atoms with Gasteiger partial charge < -0.3 is 0 Å². The summed E-state index contributed by atoms with van der Waals surface area (Å²) < 4.78 is 2.86. The molecule has 0 saturated carbocycles. The molecule has 4 rings (SSSR count). The Morgan fingerprint density at radius 1 is 0.625 bits per heavy atom. The summed E-state index contributed by atoms with van der Waals surface area (Å²) in [4.78, 5) is 0. The SMILES string of the molecule is CC.C[CH2][Zr]([SiH3])([CH]1C(C)=Cc2c(C(C)C)cc(C(C)C)cc21)[CH]1C(C)=Cc2c(C(C)C)cc(C(C)C)cc21.Cl.Cl. The third kappa shape index (κ3) is 6.72. The van der Waals surface area contributed by atoms with Crippen LogP contribution in [0.15, 0.2) is 35.4 Å². The van der Waals surface area contributed by atoms with Gasteiger partial charge in [0.2, 0.25) is 0 Å². The van der Waals surface area contributed by atoms with Gasteiger partial charge in [0.25, 0.3) is 0 Å². The number of hydrogen-bond donors (Lipinski definition) is 0.